The number of anilines is 2. The van der Waals surface area contributed by atoms with Gasteiger partial charge in [-0.2, -0.15) is 0 Å². The van der Waals surface area contributed by atoms with E-state index >= 15 is 0 Å². The normalized spacial score (nSPS) is 15.9. The lowest BCUT2D eigenvalue weighted by atomic mass is 10.1. The number of imidazole rings is 1. The average molecular weight is 392 g/mol. The van der Waals surface area contributed by atoms with Crippen molar-refractivity contribution in [3.05, 3.63) is 48.5 Å². The van der Waals surface area contributed by atoms with E-state index in [0.717, 1.165) is 24.0 Å². The number of nitrogens with one attached hydrogen (secondary N) is 1. The fraction of sp³-hybridized carbons (Fsp3) is 0.318. The first-order valence-electron chi connectivity index (χ1n) is 9.90. The molecule has 4 rings (SSSR count). The zero-order valence-corrected chi connectivity index (χ0v) is 16.6. The van der Waals surface area contributed by atoms with Gasteiger partial charge in [-0.15, -0.1) is 0 Å². The standard InChI is InChI=1S/C22H24N4O3/c1-3-13-26-17-9-5-4-8-16(17)23-22(26)24-20(27)12-14-25-18-10-6-7-11-19(18)29-15(2)21(25)28/h4-11,15H,3,12-14H2,1-2H3,(H,23,24,27). The van der Waals surface area contributed by atoms with E-state index in [1.165, 1.54) is 0 Å². The van der Waals surface area contributed by atoms with Crippen molar-refractivity contribution in [3.63, 3.8) is 0 Å². The highest BCUT2D eigenvalue weighted by atomic mass is 16.5. The zero-order chi connectivity index (χ0) is 20.4. The topological polar surface area (TPSA) is 76.5 Å². The second kappa shape index (κ2) is 7.95. The third-order valence-corrected chi connectivity index (χ3v) is 4.99. The maximum Gasteiger partial charge on any atom is 0.267 e. The minimum atomic E-state index is -0.568. The van der Waals surface area contributed by atoms with Crippen molar-refractivity contribution in [2.75, 3.05) is 16.8 Å². The van der Waals surface area contributed by atoms with Crippen LogP contribution in [0.4, 0.5) is 11.6 Å². The summed E-state index contributed by atoms with van der Waals surface area (Å²) < 4.78 is 7.67. The molecule has 150 valence electrons. The molecule has 2 amide bonds. The predicted octanol–water partition coefficient (Wildman–Crippen LogP) is 3.59. The Bertz CT molecular complexity index is 1060. The molecule has 0 spiro atoms. The number of fused-ring (bicyclic) bond motifs is 2. The van der Waals surface area contributed by atoms with E-state index in [-0.39, 0.29) is 24.8 Å². The number of hydrogen-bond donors (Lipinski definition) is 1. The summed E-state index contributed by atoms with van der Waals surface area (Å²) >= 11 is 0. The first-order valence-corrected chi connectivity index (χ1v) is 9.90. The second-order valence-corrected chi connectivity index (χ2v) is 7.09. The largest absolute Gasteiger partial charge is 0.479 e. The number of benzene rings is 2. The highest BCUT2D eigenvalue weighted by Gasteiger charge is 2.31. The van der Waals surface area contributed by atoms with Gasteiger partial charge in [0.1, 0.15) is 5.75 Å². The number of amides is 2. The lowest BCUT2D eigenvalue weighted by Gasteiger charge is -2.32. The Morgan fingerprint density at radius 2 is 1.90 bits per heavy atom. The number of nitrogens with zero attached hydrogens (tertiary/aromatic N) is 3. The van der Waals surface area contributed by atoms with Crippen LogP contribution in [0, 0.1) is 0 Å². The summed E-state index contributed by atoms with van der Waals surface area (Å²) in [5, 5.41) is 2.92. The fourth-order valence-electron chi connectivity index (χ4n) is 3.61. The number of aryl methyl sites for hydroxylation is 1. The molecule has 0 radical (unpaired) electrons. The van der Waals surface area contributed by atoms with Crippen LogP contribution in [0.5, 0.6) is 5.75 Å². The number of hydrogen-bond acceptors (Lipinski definition) is 4. The number of ether oxygens (including phenoxy) is 1. The molecule has 1 N–H and O–H groups in total. The Hall–Kier alpha value is -3.35. The van der Waals surface area contributed by atoms with Gasteiger partial charge in [0.2, 0.25) is 11.9 Å². The van der Waals surface area contributed by atoms with Gasteiger partial charge < -0.3 is 14.2 Å². The monoisotopic (exact) mass is 392 g/mol. The predicted molar refractivity (Wildman–Crippen MR) is 112 cm³/mol. The van der Waals surface area contributed by atoms with Crippen molar-refractivity contribution in [2.24, 2.45) is 0 Å². The van der Waals surface area contributed by atoms with Gasteiger partial charge >= 0.3 is 0 Å². The van der Waals surface area contributed by atoms with Crippen molar-refractivity contribution in [1.29, 1.82) is 0 Å². The van der Waals surface area contributed by atoms with Gasteiger partial charge in [-0.25, -0.2) is 4.98 Å². The molecule has 1 unspecified atom stereocenters. The molecule has 1 atom stereocenters. The molecule has 3 aromatic rings. The van der Waals surface area contributed by atoms with Crippen molar-refractivity contribution in [3.8, 4) is 5.75 Å². The van der Waals surface area contributed by atoms with Gasteiger partial charge in [-0.1, -0.05) is 31.2 Å². The molecule has 0 saturated carbocycles. The summed E-state index contributed by atoms with van der Waals surface area (Å²) in [6.45, 7) is 4.85. The third-order valence-electron chi connectivity index (χ3n) is 4.99. The first kappa shape index (κ1) is 19.0. The molecule has 0 fully saturated rings. The van der Waals surface area contributed by atoms with Crippen molar-refractivity contribution in [1.82, 2.24) is 9.55 Å². The molecular weight excluding hydrogens is 368 g/mol. The van der Waals surface area contributed by atoms with Gasteiger partial charge in [0.15, 0.2) is 6.10 Å². The van der Waals surface area contributed by atoms with Crippen LogP contribution in [0.25, 0.3) is 11.0 Å². The molecule has 2 heterocycles. The van der Waals surface area contributed by atoms with Crippen LogP contribution in [0.15, 0.2) is 48.5 Å². The summed E-state index contributed by atoms with van der Waals surface area (Å²) in [7, 11) is 0. The molecule has 7 heteroatoms. The van der Waals surface area contributed by atoms with Gasteiger partial charge in [0.05, 0.1) is 16.7 Å². The Morgan fingerprint density at radius 3 is 2.72 bits per heavy atom. The van der Waals surface area contributed by atoms with E-state index in [1.807, 2.05) is 53.1 Å². The van der Waals surface area contributed by atoms with Crippen LogP contribution >= 0.6 is 0 Å². The molecule has 1 aliphatic rings. The highest BCUT2D eigenvalue weighted by molar-refractivity contribution is 6.00. The number of aromatic nitrogens is 2. The minimum absolute atomic E-state index is 0.144. The van der Waals surface area contributed by atoms with E-state index in [9.17, 15) is 9.59 Å². The Morgan fingerprint density at radius 1 is 1.14 bits per heavy atom. The maximum atomic E-state index is 12.7. The molecular formula is C22H24N4O3. The van der Waals surface area contributed by atoms with Crippen LogP contribution in [0.3, 0.4) is 0 Å². The second-order valence-electron chi connectivity index (χ2n) is 7.09. The zero-order valence-electron chi connectivity index (χ0n) is 16.6. The Labute approximate surface area is 169 Å². The first-order chi connectivity index (χ1) is 14.1. The smallest absolute Gasteiger partial charge is 0.267 e. The van der Waals surface area contributed by atoms with Gasteiger partial charge in [0.25, 0.3) is 5.91 Å². The van der Waals surface area contributed by atoms with E-state index in [4.69, 9.17) is 4.74 Å². The average Bonchev–Trinajstić information content (AvgIpc) is 3.06. The van der Waals surface area contributed by atoms with Crippen molar-refractivity contribution < 1.29 is 14.3 Å². The van der Waals surface area contributed by atoms with Crippen molar-refractivity contribution in [2.45, 2.75) is 39.3 Å². The van der Waals surface area contributed by atoms with Gasteiger partial charge in [-0.3, -0.25) is 14.9 Å². The van der Waals surface area contributed by atoms with Crippen LogP contribution in [-0.4, -0.2) is 34.0 Å². The summed E-state index contributed by atoms with van der Waals surface area (Å²) in [5.41, 5.74) is 2.54. The molecule has 1 aliphatic heterocycles. The third kappa shape index (κ3) is 3.68. The molecule has 29 heavy (non-hydrogen) atoms. The summed E-state index contributed by atoms with van der Waals surface area (Å²) in [5.74, 6) is 0.877. The van der Waals surface area contributed by atoms with Crippen molar-refractivity contribution >= 4 is 34.5 Å². The number of carbonyl (C=O) groups is 2. The molecule has 1 aromatic heterocycles. The van der Waals surface area contributed by atoms with Crippen LogP contribution in [-0.2, 0) is 16.1 Å². The lowest BCUT2D eigenvalue weighted by molar-refractivity contribution is -0.125. The Balaban J connectivity index is 1.49. The van der Waals surface area contributed by atoms with Gasteiger partial charge in [0, 0.05) is 19.5 Å². The Kier molecular flexibility index (Phi) is 5.20. The minimum Gasteiger partial charge on any atom is -0.479 e. The molecule has 2 aromatic carbocycles. The van der Waals surface area contributed by atoms with Gasteiger partial charge in [-0.05, 0) is 37.6 Å². The quantitative estimate of drug-likeness (QED) is 0.696. The van der Waals surface area contributed by atoms with Crippen LogP contribution < -0.4 is 15.0 Å². The van der Waals surface area contributed by atoms with E-state index in [0.29, 0.717) is 17.4 Å². The van der Waals surface area contributed by atoms with Crippen LogP contribution in [0.1, 0.15) is 26.7 Å². The summed E-state index contributed by atoms with van der Waals surface area (Å²) in [4.78, 5) is 31.4. The SMILES string of the molecule is CCCn1c(NC(=O)CCN2C(=O)C(C)Oc3ccccc32)nc2ccccc21. The van der Waals surface area contributed by atoms with Crippen LogP contribution in [0.2, 0.25) is 0 Å². The maximum absolute atomic E-state index is 12.7. The molecule has 0 bridgehead atoms. The summed E-state index contributed by atoms with van der Waals surface area (Å²) in [6, 6.07) is 15.2. The molecule has 0 aliphatic carbocycles. The number of carbonyl (C=O) groups excluding carboxylic acids is 2. The summed E-state index contributed by atoms with van der Waals surface area (Å²) in [6.07, 6.45) is 0.532. The van der Waals surface area contributed by atoms with E-state index in [1.54, 1.807) is 11.8 Å². The lowest BCUT2D eigenvalue weighted by Crippen LogP contribution is -2.45. The fourth-order valence-corrected chi connectivity index (χ4v) is 3.61. The number of para-hydroxylation sites is 4. The molecule has 7 nitrogen and oxygen atoms in total. The van der Waals surface area contributed by atoms with E-state index in [2.05, 4.69) is 17.2 Å². The van der Waals surface area contributed by atoms with E-state index < -0.39 is 6.10 Å². The molecule has 0 saturated heterocycles. The highest BCUT2D eigenvalue weighted by Crippen LogP contribution is 2.33. The number of rotatable bonds is 6.